The second-order valence-corrected chi connectivity index (χ2v) is 5.97. The highest BCUT2D eigenvalue weighted by Crippen LogP contribution is 2.32. The number of carbonyl (C=O) groups excluding carboxylic acids is 2. The number of ether oxygens (including phenoxy) is 2. The fourth-order valence-corrected chi connectivity index (χ4v) is 2.37. The SMILES string of the molecule is COc1cc(NC(=O)COC(=O)Cc2ccc(C)cc2)c(C)cc1[N+](=O)[O-]. The third-order valence-electron chi connectivity index (χ3n) is 3.83. The molecular weight excluding hydrogens is 352 g/mol. The minimum Gasteiger partial charge on any atom is -0.490 e. The fraction of sp³-hybridized carbons (Fsp3) is 0.263. The molecule has 0 aliphatic heterocycles. The number of nitro groups is 1. The lowest BCUT2D eigenvalue weighted by molar-refractivity contribution is -0.385. The van der Waals surface area contributed by atoms with Gasteiger partial charge in [-0.25, -0.2) is 0 Å². The number of rotatable bonds is 7. The number of nitrogens with zero attached hydrogens (tertiary/aromatic N) is 1. The van der Waals surface area contributed by atoms with Crippen LogP contribution in [0.25, 0.3) is 0 Å². The monoisotopic (exact) mass is 372 g/mol. The average Bonchev–Trinajstić information content (AvgIpc) is 2.63. The minimum absolute atomic E-state index is 0.0252. The van der Waals surface area contributed by atoms with Gasteiger partial charge in [0.05, 0.1) is 18.5 Å². The average molecular weight is 372 g/mol. The molecule has 0 heterocycles. The smallest absolute Gasteiger partial charge is 0.311 e. The molecule has 0 atom stereocenters. The predicted molar refractivity (Wildman–Crippen MR) is 98.9 cm³/mol. The van der Waals surface area contributed by atoms with Crippen molar-refractivity contribution >= 4 is 23.3 Å². The Morgan fingerprint density at radius 3 is 2.41 bits per heavy atom. The molecule has 0 aromatic heterocycles. The van der Waals surface area contributed by atoms with Crippen molar-refractivity contribution in [2.24, 2.45) is 0 Å². The van der Waals surface area contributed by atoms with E-state index < -0.39 is 23.4 Å². The number of carbonyl (C=O) groups is 2. The molecule has 1 amide bonds. The lowest BCUT2D eigenvalue weighted by Crippen LogP contribution is -2.22. The molecule has 0 saturated heterocycles. The van der Waals surface area contributed by atoms with Gasteiger partial charge in [0.15, 0.2) is 12.4 Å². The number of hydrogen-bond acceptors (Lipinski definition) is 6. The van der Waals surface area contributed by atoms with E-state index in [9.17, 15) is 19.7 Å². The van der Waals surface area contributed by atoms with Crippen molar-refractivity contribution in [3.8, 4) is 5.75 Å². The largest absolute Gasteiger partial charge is 0.490 e. The Hall–Kier alpha value is -3.42. The maximum Gasteiger partial charge on any atom is 0.311 e. The molecule has 2 aromatic rings. The van der Waals surface area contributed by atoms with Crippen LogP contribution in [0.15, 0.2) is 36.4 Å². The third-order valence-corrected chi connectivity index (χ3v) is 3.83. The van der Waals surface area contributed by atoms with E-state index in [0.717, 1.165) is 11.1 Å². The van der Waals surface area contributed by atoms with Crippen molar-refractivity contribution < 1.29 is 24.0 Å². The van der Waals surface area contributed by atoms with Gasteiger partial charge >= 0.3 is 11.7 Å². The van der Waals surface area contributed by atoms with E-state index in [2.05, 4.69) is 5.32 Å². The number of benzene rings is 2. The van der Waals surface area contributed by atoms with Crippen molar-refractivity contribution in [2.45, 2.75) is 20.3 Å². The summed E-state index contributed by atoms with van der Waals surface area (Å²) in [6.07, 6.45) is 0.0674. The molecule has 0 aliphatic rings. The van der Waals surface area contributed by atoms with Crippen LogP contribution >= 0.6 is 0 Å². The topological polar surface area (TPSA) is 108 Å². The molecule has 0 radical (unpaired) electrons. The zero-order valence-electron chi connectivity index (χ0n) is 15.3. The first-order valence-corrected chi connectivity index (χ1v) is 8.14. The van der Waals surface area contributed by atoms with Gasteiger partial charge in [-0.15, -0.1) is 0 Å². The van der Waals surface area contributed by atoms with Crippen LogP contribution in [-0.4, -0.2) is 30.5 Å². The summed E-state index contributed by atoms with van der Waals surface area (Å²) < 4.78 is 9.96. The Labute approximate surface area is 156 Å². The summed E-state index contributed by atoms with van der Waals surface area (Å²) in [6.45, 7) is 3.11. The first-order chi connectivity index (χ1) is 12.8. The molecule has 8 nitrogen and oxygen atoms in total. The van der Waals surface area contributed by atoms with Crippen LogP contribution in [0.1, 0.15) is 16.7 Å². The standard InChI is InChI=1S/C19H20N2O6/c1-12-4-6-14(7-5-12)9-19(23)27-11-18(22)20-15-10-17(26-3)16(21(24)25)8-13(15)2/h4-8,10H,9,11H2,1-3H3,(H,20,22). The molecule has 142 valence electrons. The molecule has 0 unspecified atom stereocenters. The van der Waals surface area contributed by atoms with Gasteiger partial charge in [-0.05, 0) is 25.0 Å². The highest BCUT2D eigenvalue weighted by Gasteiger charge is 2.18. The number of nitro benzene ring substituents is 1. The highest BCUT2D eigenvalue weighted by atomic mass is 16.6. The van der Waals surface area contributed by atoms with Gasteiger partial charge in [0.25, 0.3) is 5.91 Å². The Bertz CT molecular complexity index is 861. The van der Waals surface area contributed by atoms with E-state index in [0.29, 0.717) is 11.3 Å². The van der Waals surface area contributed by atoms with Gasteiger partial charge in [-0.1, -0.05) is 29.8 Å². The number of hydrogen-bond donors (Lipinski definition) is 1. The summed E-state index contributed by atoms with van der Waals surface area (Å²) in [4.78, 5) is 34.3. The van der Waals surface area contributed by atoms with Crippen LogP contribution in [0.3, 0.4) is 0 Å². The summed E-state index contributed by atoms with van der Waals surface area (Å²) >= 11 is 0. The van der Waals surface area contributed by atoms with Crippen molar-refractivity contribution in [2.75, 3.05) is 19.0 Å². The van der Waals surface area contributed by atoms with Crippen LogP contribution in [0, 0.1) is 24.0 Å². The minimum atomic E-state index is -0.565. The van der Waals surface area contributed by atoms with Gasteiger partial charge in [-0.2, -0.15) is 0 Å². The molecule has 0 bridgehead atoms. The van der Waals surface area contributed by atoms with E-state index in [1.807, 2.05) is 31.2 Å². The first kappa shape index (κ1) is 19.9. The van der Waals surface area contributed by atoms with Crippen LogP contribution in [-0.2, 0) is 20.7 Å². The summed E-state index contributed by atoms with van der Waals surface area (Å²) in [5, 5.41) is 13.6. The maximum atomic E-state index is 12.0. The summed E-state index contributed by atoms with van der Waals surface area (Å²) in [5.41, 5.74) is 2.51. The zero-order chi connectivity index (χ0) is 20.0. The molecule has 2 aromatic carbocycles. The Morgan fingerprint density at radius 2 is 1.81 bits per heavy atom. The van der Waals surface area contributed by atoms with Gasteiger partial charge < -0.3 is 14.8 Å². The quantitative estimate of drug-likeness (QED) is 0.455. The number of nitrogens with one attached hydrogen (secondary N) is 1. The Kier molecular flexibility index (Phi) is 6.48. The van der Waals surface area contributed by atoms with Gasteiger partial charge in [0.1, 0.15) is 0 Å². The van der Waals surface area contributed by atoms with Gasteiger partial charge in [-0.3, -0.25) is 19.7 Å². The van der Waals surface area contributed by atoms with E-state index in [4.69, 9.17) is 9.47 Å². The van der Waals surface area contributed by atoms with Crippen molar-refractivity contribution in [1.29, 1.82) is 0 Å². The van der Waals surface area contributed by atoms with E-state index in [1.165, 1.54) is 19.2 Å². The molecule has 1 N–H and O–H groups in total. The fourth-order valence-electron chi connectivity index (χ4n) is 2.37. The number of amides is 1. The third kappa shape index (κ3) is 5.53. The second-order valence-electron chi connectivity index (χ2n) is 5.97. The molecule has 0 fully saturated rings. The molecule has 0 spiro atoms. The number of methoxy groups -OCH3 is 1. The van der Waals surface area contributed by atoms with Crippen molar-refractivity contribution in [1.82, 2.24) is 0 Å². The zero-order valence-corrected chi connectivity index (χ0v) is 15.3. The molecule has 0 saturated carbocycles. The summed E-state index contributed by atoms with van der Waals surface area (Å²) in [6, 6.07) is 10.1. The second kappa shape index (κ2) is 8.79. The summed E-state index contributed by atoms with van der Waals surface area (Å²) in [5.74, 6) is -1.05. The number of esters is 1. The Morgan fingerprint density at radius 1 is 1.15 bits per heavy atom. The normalized spacial score (nSPS) is 10.2. The van der Waals surface area contributed by atoms with Crippen molar-refractivity contribution in [3.63, 3.8) is 0 Å². The van der Waals surface area contributed by atoms with E-state index in [1.54, 1.807) is 6.92 Å². The first-order valence-electron chi connectivity index (χ1n) is 8.14. The van der Waals surface area contributed by atoms with Crippen LogP contribution < -0.4 is 10.1 Å². The van der Waals surface area contributed by atoms with Gasteiger partial charge in [0.2, 0.25) is 0 Å². The van der Waals surface area contributed by atoms with E-state index in [-0.39, 0.29) is 17.9 Å². The molecule has 27 heavy (non-hydrogen) atoms. The lowest BCUT2D eigenvalue weighted by atomic mass is 10.1. The number of anilines is 1. The Balaban J connectivity index is 1.94. The molecule has 8 heteroatoms. The summed E-state index contributed by atoms with van der Waals surface area (Å²) in [7, 11) is 1.30. The highest BCUT2D eigenvalue weighted by molar-refractivity contribution is 5.94. The predicted octanol–water partition coefficient (Wildman–Crippen LogP) is 2.94. The van der Waals surface area contributed by atoms with Crippen LogP contribution in [0.2, 0.25) is 0 Å². The molecule has 0 aliphatic carbocycles. The van der Waals surface area contributed by atoms with Crippen LogP contribution in [0.4, 0.5) is 11.4 Å². The number of aryl methyl sites for hydroxylation is 2. The molecular formula is C19H20N2O6. The van der Waals surface area contributed by atoms with Crippen LogP contribution in [0.5, 0.6) is 5.75 Å². The van der Waals surface area contributed by atoms with Crippen molar-refractivity contribution in [3.05, 3.63) is 63.2 Å². The lowest BCUT2D eigenvalue weighted by Gasteiger charge is -2.11. The van der Waals surface area contributed by atoms with Gasteiger partial charge in [0, 0.05) is 17.8 Å². The maximum absolute atomic E-state index is 12.0. The van der Waals surface area contributed by atoms with E-state index >= 15 is 0 Å². The molecule has 2 rings (SSSR count).